The van der Waals surface area contributed by atoms with E-state index in [1.807, 2.05) is 0 Å². The summed E-state index contributed by atoms with van der Waals surface area (Å²) in [4.78, 5) is 10.7. The smallest absolute Gasteiger partial charge is 0.407 e. The zero-order valence-electron chi connectivity index (χ0n) is 6.63. The number of carbonyl (C=O) groups excluding carboxylic acids is 1. The van der Waals surface area contributed by atoms with Crippen LogP contribution in [0.4, 0.5) is 4.79 Å². The van der Waals surface area contributed by atoms with E-state index < -0.39 is 0 Å². The summed E-state index contributed by atoms with van der Waals surface area (Å²) in [6.07, 6.45) is 1.42. The Morgan fingerprint density at radius 2 is 2.27 bits per heavy atom. The molecule has 0 aromatic rings. The number of amides is 1. The molecule has 0 spiro atoms. The van der Waals surface area contributed by atoms with Crippen LogP contribution in [0.25, 0.3) is 0 Å². The second-order valence-corrected chi connectivity index (χ2v) is 2.52. The van der Waals surface area contributed by atoms with Crippen molar-refractivity contribution in [3.63, 3.8) is 0 Å². The highest BCUT2D eigenvalue weighted by Gasteiger charge is 2.15. The van der Waals surface area contributed by atoms with Gasteiger partial charge >= 0.3 is 6.09 Å². The zero-order valence-corrected chi connectivity index (χ0v) is 6.63. The van der Waals surface area contributed by atoms with E-state index in [-0.39, 0.29) is 13.6 Å². The van der Waals surface area contributed by atoms with Crippen LogP contribution in [0.1, 0.15) is 14.3 Å². The van der Waals surface area contributed by atoms with E-state index in [9.17, 15) is 4.79 Å². The van der Waals surface area contributed by atoms with Crippen molar-refractivity contribution in [2.75, 3.05) is 20.3 Å². The monoisotopic (exact) mass is 161 g/mol. The van der Waals surface area contributed by atoms with Crippen molar-refractivity contribution in [1.82, 2.24) is 5.32 Å². The van der Waals surface area contributed by atoms with Crippen LogP contribution in [0.15, 0.2) is 0 Å². The first-order valence-electron chi connectivity index (χ1n) is 3.75. The molecular weight excluding hydrogens is 146 g/mol. The SMILES string of the molecule is COC(=O)NC1CCOCC1.[HH]. The molecule has 0 aromatic carbocycles. The highest BCUT2D eigenvalue weighted by Crippen LogP contribution is 2.05. The Kier molecular flexibility index (Phi) is 3.16. The van der Waals surface area contributed by atoms with Crippen LogP contribution in [0.2, 0.25) is 0 Å². The molecule has 1 heterocycles. The van der Waals surface area contributed by atoms with Gasteiger partial charge in [-0.25, -0.2) is 4.79 Å². The van der Waals surface area contributed by atoms with Crippen LogP contribution in [0, 0.1) is 0 Å². The van der Waals surface area contributed by atoms with Crippen molar-refractivity contribution in [2.24, 2.45) is 0 Å². The molecule has 66 valence electrons. The van der Waals surface area contributed by atoms with Gasteiger partial charge in [0, 0.05) is 20.7 Å². The van der Waals surface area contributed by atoms with Crippen molar-refractivity contribution in [2.45, 2.75) is 18.9 Å². The minimum Gasteiger partial charge on any atom is -0.453 e. The minimum absolute atomic E-state index is 0. The summed E-state index contributed by atoms with van der Waals surface area (Å²) < 4.78 is 9.58. The standard InChI is InChI=1S/C7H13NO3.H2/c1-10-7(9)8-6-2-4-11-5-3-6;/h6H,2-5H2,1H3,(H,8,9);1H. The van der Waals surface area contributed by atoms with E-state index in [4.69, 9.17) is 4.74 Å². The lowest BCUT2D eigenvalue weighted by atomic mass is 10.1. The van der Waals surface area contributed by atoms with Crippen molar-refractivity contribution < 1.29 is 15.7 Å². The van der Waals surface area contributed by atoms with E-state index in [1.54, 1.807) is 0 Å². The first kappa shape index (κ1) is 8.33. The third kappa shape index (κ3) is 2.76. The van der Waals surface area contributed by atoms with Gasteiger partial charge in [-0.15, -0.1) is 0 Å². The molecule has 1 saturated heterocycles. The molecule has 1 fully saturated rings. The average molecular weight is 161 g/mol. The molecule has 1 aliphatic heterocycles. The molecular formula is C7H15NO3. The molecule has 0 atom stereocenters. The first-order valence-corrected chi connectivity index (χ1v) is 3.75. The molecule has 11 heavy (non-hydrogen) atoms. The van der Waals surface area contributed by atoms with E-state index in [1.165, 1.54) is 7.11 Å². The van der Waals surface area contributed by atoms with Crippen LogP contribution in [0.3, 0.4) is 0 Å². The number of methoxy groups -OCH3 is 1. The summed E-state index contributed by atoms with van der Waals surface area (Å²) in [5.74, 6) is 0. The maximum Gasteiger partial charge on any atom is 0.407 e. The lowest BCUT2D eigenvalue weighted by Gasteiger charge is -2.22. The number of nitrogens with one attached hydrogen (secondary N) is 1. The molecule has 1 amide bonds. The summed E-state index contributed by atoms with van der Waals surface area (Å²) in [7, 11) is 1.37. The highest BCUT2D eigenvalue weighted by molar-refractivity contribution is 5.67. The van der Waals surface area contributed by atoms with Gasteiger partial charge in [-0.2, -0.15) is 0 Å². The molecule has 1 N–H and O–H groups in total. The minimum atomic E-state index is -0.350. The maximum absolute atomic E-state index is 10.7. The first-order chi connectivity index (χ1) is 5.33. The van der Waals surface area contributed by atoms with E-state index >= 15 is 0 Å². The van der Waals surface area contributed by atoms with Crippen molar-refractivity contribution in [1.29, 1.82) is 0 Å². The Hall–Kier alpha value is -0.770. The Morgan fingerprint density at radius 3 is 2.82 bits per heavy atom. The van der Waals surface area contributed by atoms with E-state index in [0.29, 0.717) is 0 Å². The van der Waals surface area contributed by atoms with E-state index in [2.05, 4.69) is 10.1 Å². The second kappa shape index (κ2) is 4.18. The summed E-state index contributed by atoms with van der Waals surface area (Å²) in [5.41, 5.74) is 0. The number of carbonyl (C=O) groups is 1. The van der Waals surface area contributed by atoms with Crippen molar-refractivity contribution >= 4 is 6.09 Å². The molecule has 1 rings (SSSR count). The van der Waals surface area contributed by atoms with Crippen molar-refractivity contribution in [3.05, 3.63) is 0 Å². The molecule has 1 aliphatic rings. The van der Waals surface area contributed by atoms with Crippen LogP contribution in [0.5, 0.6) is 0 Å². The van der Waals surface area contributed by atoms with Gasteiger partial charge in [0.15, 0.2) is 0 Å². The largest absolute Gasteiger partial charge is 0.453 e. The van der Waals surface area contributed by atoms with E-state index in [0.717, 1.165) is 26.1 Å². The Bertz CT molecular complexity index is 137. The van der Waals surface area contributed by atoms with Gasteiger partial charge in [-0.05, 0) is 12.8 Å². The predicted molar refractivity (Wildman–Crippen MR) is 41.5 cm³/mol. The molecule has 4 nitrogen and oxygen atoms in total. The third-order valence-electron chi connectivity index (χ3n) is 1.73. The second-order valence-electron chi connectivity index (χ2n) is 2.52. The molecule has 0 saturated carbocycles. The molecule has 0 radical (unpaired) electrons. The fraction of sp³-hybridized carbons (Fsp3) is 0.857. The molecule has 0 unspecified atom stereocenters. The quantitative estimate of drug-likeness (QED) is 0.617. The van der Waals surface area contributed by atoms with Crippen molar-refractivity contribution in [3.8, 4) is 0 Å². The number of hydrogen-bond donors (Lipinski definition) is 1. The summed E-state index contributed by atoms with van der Waals surface area (Å²) in [6, 6.07) is 0.233. The normalized spacial score (nSPS) is 19.4. The highest BCUT2D eigenvalue weighted by atomic mass is 16.5. The molecule has 0 bridgehead atoms. The Balaban J connectivity index is 0.00000121. The Morgan fingerprint density at radius 1 is 1.64 bits per heavy atom. The number of hydrogen-bond acceptors (Lipinski definition) is 3. The number of rotatable bonds is 1. The summed E-state index contributed by atoms with van der Waals surface area (Å²) in [6.45, 7) is 1.46. The van der Waals surface area contributed by atoms with Crippen LogP contribution in [-0.4, -0.2) is 32.5 Å². The predicted octanol–water partition coefficient (Wildman–Crippen LogP) is 0.767. The van der Waals surface area contributed by atoms with Crippen LogP contribution >= 0.6 is 0 Å². The van der Waals surface area contributed by atoms with Crippen LogP contribution in [-0.2, 0) is 9.47 Å². The van der Waals surface area contributed by atoms with Gasteiger partial charge in [-0.1, -0.05) is 0 Å². The fourth-order valence-corrected chi connectivity index (χ4v) is 1.07. The lowest BCUT2D eigenvalue weighted by molar-refractivity contribution is 0.0757. The number of ether oxygens (including phenoxy) is 2. The van der Waals surface area contributed by atoms with Gasteiger partial charge in [0.05, 0.1) is 7.11 Å². The molecule has 0 aromatic heterocycles. The average Bonchev–Trinajstić information content (AvgIpc) is 2.06. The topological polar surface area (TPSA) is 47.6 Å². The van der Waals surface area contributed by atoms with Gasteiger partial charge in [0.2, 0.25) is 0 Å². The van der Waals surface area contributed by atoms with Crippen LogP contribution < -0.4 is 5.32 Å². The zero-order chi connectivity index (χ0) is 8.10. The lowest BCUT2D eigenvalue weighted by Crippen LogP contribution is -2.38. The van der Waals surface area contributed by atoms with Gasteiger partial charge in [0.1, 0.15) is 0 Å². The maximum atomic E-state index is 10.7. The molecule has 0 aliphatic carbocycles. The Labute approximate surface area is 67.3 Å². The fourth-order valence-electron chi connectivity index (χ4n) is 1.07. The van der Waals surface area contributed by atoms with Gasteiger partial charge in [-0.3, -0.25) is 0 Å². The summed E-state index contributed by atoms with van der Waals surface area (Å²) in [5, 5.41) is 2.73. The summed E-state index contributed by atoms with van der Waals surface area (Å²) >= 11 is 0. The van der Waals surface area contributed by atoms with Gasteiger partial charge < -0.3 is 14.8 Å². The molecule has 4 heteroatoms. The third-order valence-corrected chi connectivity index (χ3v) is 1.73. The number of alkyl carbamates (subject to hydrolysis) is 1. The van der Waals surface area contributed by atoms with Gasteiger partial charge in [0.25, 0.3) is 0 Å².